The Hall–Kier alpha value is -1.49. The van der Waals surface area contributed by atoms with E-state index in [2.05, 4.69) is 10.3 Å². The maximum Gasteiger partial charge on any atom is 0.226 e. The second kappa shape index (κ2) is 4.79. The van der Waals surface area contributed by atoms with Crippen LogP contribution in [-0.4, -0.2) is 17.4 Å². The third-order valence-corrected chi connectivity index (χ3v) is 3.38. The molecule has 0 aliphatic heterocycles. The molecule has 4 nitrogen and oxygen atoms in total. The molecule has 3 N–H and O–H groups in total. The van der Waals surface area contributed by atoms with Crippen molar-refractivity contribution in [2.24, 2.45) is 11.1 Å². The normalized spacial score (nSPS) is 17.3. The number of nitrogens with zero attached hydrogens (tertiary/aromatic N) is 1. The summed E-state index contributed by atoms with van der Waals surface area (Å²) in [4.78, 5) is 15.5. The highest BCUT2D eigenvalue weighted by Crippen LogP contribution is 2.42. The van der Waals surface area contributed by atoms with Crippen molar-refractivity contribution in [1.82, 2.24) is 4.98 Å². The van der Waals surface area contributed by atoms with E-state index in [0.29, 0.717) is 18.8 Å². The molecule has 0 saturated heterocycles. The minimum Gasteiger partial charge on any atom is -0.330 e. The molecule has 5 heteroatoms. The van der Waals surface area contributed by atoms with Crippen LogP contribution in [0, 0.1) is 11.2 Å². The largest absolute Gasteiger partial charge is 0.330 e. The molecule has 1 amide bonds. The maximum absolute atomic E-state index is 12.6. The first-order valence-electron chi connectivity index (χ1n) is 5.75. The van der Waals surface area contributed by atoms with Crippen LogP contribution in [0.3, 0.4) is 0 Å². The van der Waals surface area contributed by atoms with Crippen molar-refractivity contribution in [3.8, 4) is 0 Å². The van der Waals surface area contributed by atoms with Crippen LogP contribution in [0.25, 0.3) is 0 Å². The molecule has 17 heavy (non-hydrogen) atoms. The van der Waals surface area contributed by atoms with Crippen LogP contribution in [0.2, 0.25) is 0 Å². The van der Waals surface area contributed by atoms with E-state index in [0.717, 1.165) is 25.5 Å². The minimum atomic E-state index is -0.416. The number of hydrogen-bond acceptors (Lipinski definition) is 3. The number of rotatable bonds is 4. The van der Waals surface area contributed by atoms with E-state index < -0.39 is 5.82 Å². The van der Waals surface area contributed by atoms with E-state index in [4.69, 9.17) is 5.73 Å². The summed E-state index contributed by atoms with van der Waals surface area (Å²) in [5, 5.41) is 2.66. The zero-order valence-corrected chi connectivity index (χ0v) is 9.58. The fourth-order valence-corrected chi connectivity index (χ4v) is 2.11. The maximum atomic E-state index is 12.6. The smallest absolute Gasteiger partial charge is 0.226 e. The second-order valence-corrected chi connectivity index (χ2v) is 4.64. The number of anilines is 1. The van der Waals surface area contributed by atoms with Gasteiger partial charge in [-0.2, -0.15) is 0 Å². The van der Waals surface area contributed by atoms with Gasteiger partial charge in [0.1, 0.15) is 11.6 Å². The molecule has 0 bridgehead atoms. The van der Waals surface area contributed by atoms with Gasteiger partial charge in [0.25, 0.3) is 0 Å². The van der Waals surface area contributed by atoms with Gasteiger partial charge >= 0.3 is 0 Å². The summed E-state index contributed by atoms with van der Waals surface area (Å²) in [7, 11) is 0. The minimum absolute atomic E-state index is 0.0237. The summed E-state index contributed by atoms with van der Waals surface area (Å²) < 4.78 is 12.6. The Morgan fingerprint density at radius 3 is 2.76 bits per heavy atom. The van der Waals surface area contributed by atoms with Crippen molar-refractivity contribution in [2.45, 2.75) is 25.7 Å². The van der Waals surface area contributed by atoms with Gasteiger partial charge in [-0.1, -0.05) is 6.42 Å². The fraction of sp³-hybridized carbons (Fsp3) is 0.500. The highest BCUT2D eigenvalue weighted by atomic mass is 19.1. The quantitative estimate of drug-likeness (QED) is 0.837. The molecular formula is C12H16FN3O. The van der Waals surface area contributed by atoms with Gasteiger partial charge in [-0.3, -0.25) is 4.79 Å². The highest BCUT2D eigenvalue weighted by molar-refractivity contribution is 5.90. The number of amides is 1. The van der Waals surface area contributed by atoms with Gasteiger partial charge in [-0.05, 0) is 36.9 Å². The molecule has 92 valence electrons. The molecular weight excluding hydrogens is 221 g/mol. The molecule has 1 aromatic rings. The summed E-state index contributed by atoms with van der Waals surface area (Å²) >= 11 is 0. The number of aromatic nitrogens is 1. The Morgan fingerprint density at radius 1 is 1.53 bits per heavy atom. The number of nitrogens with two attached hydrogens (primary N) is 1. The predicted molar refractivity (Wildman–Crippen MR) is 62.8 cm³/mol. The van der Waals surface area contributed by atoms with Crippen LogP contribution in [-0.2, 0) is 4.79 Å². The summed E-state index contributed by atoms with van der Waals surface area (Å²) in [6, 6.07) is 2.72. The number of carbonyl (C=O) groups excluding carboxylic acids is 1. The first-order valence-corrected chi connectivity index (χ1v) is 5.75. The predicted octanol–water partition coefficient (Wildman–Crippen LogP) is 1.68. The van der Waals surface area contributed by atoms with Crippen molar-refractivity contribution >= 4 is 11.7 Å². The van der Waals surface area contributed by atoms with Gasteiger partial charge in [0.05, 0.1) is 6.20 Å². The van der Waals surface area contributed by atoms with Crippen molar-refractivity contribution in [2.75, 3.05) is 11.9 Å². The number of nitrogens with one attached hydrogen (secondary N) is 1. The lowest BCUT2D eigenvalue weighted by molar-refractivity contribution is -0.119. The average molecular weight is 237 g/mol. The Morgan fingerprint density at radius 2 is 2.29 bits per heavy atom. The van der Waals surface area contributed by atoms with Crippen LogP contribution in [0.4, 0.5) is 10.2 Å². The molecule has 1 aromatic heterocycles. The SMILES string of the molecule is NCC1(CC(=O)Nc2ccc(F)cn2)CCC1. The number of hydrogen-bond donors (Lipinski definition) is 2. The molecule has 0 unspecified atom stereocenters. The first kappa shape index (κ1) is 12.0. The lowest BCUT2D eigenvalue weighted by Crippen LogP contribution is -2.40. The monoisotopic (exact) mass is 237 g/mol. The Labute approximate surface area is 99.4 Å². The zero-order chi connectivity index (χ0) is 12.3. The Kier molecular flexibility index (Phi) is 3.38. The van der Waals surface area contributed by atoms with Crippen molar-refractivity contribution in [1.29, 1.82) is 0 Å². The summed E-state index contributed by atoms with van der Waals surface area (Å²) in [5.74, 6) is -0.141. The molecule has 1 aliphatic carbocycles. The molecule has 0 aromatic carbocycles. The highest BCUT2D eigenvalue weighted by Gasteiger charge is 2.37. The van der Waals surface area contributed by atoms with Gasteiger partial charge in [0.15, 0.2) is 0 Å². The van der Waals surface area contributed by atoms with Crippen LogP contribution >= 0.6 is 0 Å². The number of carbonyl (C=O) groups is 1. The summed E-state index contributed by atoms with van der Waals surface area (Å²) in [6.45, 7) is 0.539. The molecule has 0 atom stereocenters. The first-order chi connectivity index (χ1) is 8.13. The van der Waals surface area contributed by atoms with Crippen molar-refractivity contribution in [3.63, 3.8) is 0 Å². The van der Waals surface area contributed by atoms with E-state index in [9.17, 15) is 9.18 Å². The van der Waals surface area contributed by atoms with Gasteiger partial charge in [-0.15, -0.1) is 0 Å². The molecule has 2 rings (SSSR count). The standard InChI is InChI=1S/C12H16FN3O/c13-9-2-3-10(15-7-9)16-11(17)6-12(8-14)4-1-5-12/h2-3,7H,1,4-6,8,14H2,(H,15,16,17). The summed E-state index contributed by atoms with van der Waals surface area (Å²) in [5.41, 5.74) is 5.66. The summed E-state index contributed by atoms with van der Waals surface area (Å²) in [6.07, 6.45) is 4.65. The van der Waals surface area contributed by atoms with Crippen molar-refractivity contribution in [3.05, 3.63) is 24.1 Å². The molecule has 0 radical (unpaired) electrons. The van der Waals surface area contributed by atoms with E-state index in [1.54, 1.807) is 0 Å². The van der Waals surface area contributed by atoms with Gasteiger partial charge < -0.3 is 11.1 Å². The van der Waals surface area contributed by atoms with E-state index in [-0.39, 0.29) is 11.3 Å². The fourth-order valence-electron chi connectivity index (χ4n) is 2.11. The van der Waals surface area contributed by atoms with E-state index in [1.807, 2.05) is 0 Å². The third kappa shape index (κ3) is 2.79. The van der Waals surface area contributed by atoms with Crippen LogP contribution in [0.15, 0.2) is 18.3 Å². The van der Waals surface area contributed by atoms with Crippen LogP contribution in [0.1, 0.15) is 25.7 Å². The number of pyridine rings is 1. The molecule has 1 heterocycles. The van der Waals surface area contributed by atoms with Crippen molar-refractivity contribution < 1.29 is 9.18 Å². The number of halogens is 1. The van der Waals surface area contributed by atoms with Gasteiger partial charge in [0.2, 0.25) is 5.91 Å². The van der Waals surface area contributed by atoms with Crippen LogP contribution < -0.4 is 11.1 Å². The molecule has 1 aliphatic rings. The Bertz CT molecular complexity index is 395. The van der Waals surface area contributed by atoms with Crippen LogP contribution in [0.5, 0.6) is 0 Å². The van der Waals surface area contributed by atoms with Gasteiger partial charge in [0, 0.05) is 6.42 Å². The zero-order valence-electron chi connectivity index (χ0n) is 9.58. The second-order valence-electron chi connectivity index (χ2n) is 4.64. The lowest BCUT2D eigenvalue weighted by atomic mass is 9.66. The Balaban J connectivity index is 1.91. The molecule has 1 saturated carbocycles. The topological polar surface area (TPSA) is 68.0 Å². The molecule has 1 fully saturated rings. The van der Waals surface area contributed by atoms with E-state index in [1.165, 1.54) is 12.1 Å². The molecule has 0 spiro atoms. The average Bonchev–Trinajstić information content (AvgIpc) is 2.27. The third-order valence-electron chi connectivity index (χ3n) is 3.38. The lowest BCUT2D eigenvalue weighted by Gasteiger charge is -2.40. The van der Waals surface area contributed by atoms with Gasteiger partial charge in [-0.25, -0.2) is 9.37 Å². The van der Waals surface area contributed by atoms with E-state index >= 15 is 0 Å².